The number of nitrogens with one attached hydrogen (secondary N) is 7. The van der Waals surface area contributed by atoms with Gasteiger partial charge in [-0.05, 0) is 74.1 Å². The number of nitrogens with two attached hydrogens (primary N) is 1. The highest BCUT2D eigenvalue weighted by Gasteiger charge is 2.41. The minimum Gasteiger partial charge on any atom is -0.481 e. The molecule has 1 saturated heterocycles. The van der Waals surface area contributed by atoms with Gasteiger partial charge in [-0.1, -0.05) is 70.2 Å². The third-order valence-corrected chi connectivity index (χ3v) is 12.3. The van der Waals surface area contributed by atoms with Crippen LogP contribution in [0.5, 0.6) is 0 Å². The molecule has 1 aliphatic rings. The van der Waals surface area contributed by atoms with Crippen molar-refractivity contribution in [2.75, 3.05) is 6.54 Å². The minimum absolute atomic E-state index is 0.0133. The maximum Gasteiger partial charge on any atom is 0.326 e. The van der Waals surface area contributed by atoms with Crippen molar-refractivity contribution in [2.24, 2.45) is 17.6 Å². The molecule has 0 bridgehead atoms. The van der Waals surface area contributed by atoms with Crippen LogP contribution in [0, 0.1) is 17.7 Å². The van der Waals surface area contributed by atoms with E-state index in [-0.39, 0.29) is 56.6 Å². The fourth-order valence-corrected chi connectivity index (χ4v) is 8.23. The summed E-state index contributed by atoms with van der Waals surface area (Å²) in [5.74, 6) is -14.6. The van der Waals surface area contributed by atoms with Gasteiger partial charge in [0.1, 0.15) is 54.2 Å². The molecule has 8 amide bonds. The van der Waals surface area contributed by atoms with Gasteiger partial charge in [-0.25, -0.2) is 9.18 Å². The van der Waals surface area contributed by atoms with E-state index in [1.165, 1.54) is 12.1 Å². The number of hydrogen-bond donors (Lipinski definition) is 12. The molecule has 2 aromatic rings. The molecule has 0 spiro atoms. The van der Waals surface area contributed by atoms with E-state index < -0.39 is 163 Å². The zero-order valence-corrected chi connectivity index (χ0v) is 43.4. The predicted octanol–water partition coefficient (Wildman–Crippen LogP) is -0.666. The van der Waals surface area contributed by atoms with E-state index in [0.29, 0.717) is 5.56 Å². The lowest BCUT2D eigenvalue weighted by atomic mass is 9.98. The first-order valence-electron chi connectivity index (χ1n) is 25.0. The van der Waals surface area contributed by atoms with Gasteiger partial charge >= 0.3 is 23.9 Å². The normalized spacial score (nSPS) is 16.2. The Bertz CT molecular complexity index is 2460. The SMILES string of the molecule is CC(C)C[C@H](NC(=O)[C@@H](NC(=O)[C@@H](N)CCC(=O)O)C(C)C)C(=O)N[C@@H](Cc1cccc(F)c1)C(=O)N1CCC[C@@H]1C(=O)N[C@@H](CC(=O)O)C(=O)N[C@@H](C)C(=O)N[C@@H](CCC(=O)O)C(=O)N[C@@H](Cc1ccccc1)C(=O)O. The average molecular weight is 1080 g/mol. The molecule has 1 fully saturated rings. The van der Waals surface area contributed by atoms with Crippen LogP contribution in [0.15, 0.2) is 54.6 Å². The average Bonchev–Trinajstić information content (AvgIpc) is 3.85. The van der Waals surface area contributed by atoms with Crippen LogP contribution in [0.25, 0.3) is 0 Å². The molecule has 2 aromatic carbocycles. The number of halogens is 1. The van der Waals surface area contributed by atoms with Crippen LogP contribution in [0.3, 0.4) is 0 Å². The first kappa shape index (κ1) is 63.3. The van der Waals surface area contributed by atoms with E-state index in [1.807, 2.05) is 0 Å². The Morgan fingerprint density at radius 1 is 0.597 bits per heavy atom. The van der Waals surface area contributed by atoms with Crippen LogP contribution in [-0.2, 0) is 70.4 Å². The quantitative estimate of drug-likeness (QED) is 0.0446. The van der Waals surface area contributed by atoms with Crippen LogP contribution in [0.4, 0.5) is 4.39 Å². The second-order valence-corrected chi connectivity index (χ2v) is 19.5. The van der Waals surface area contributed by atoms with E-state index in [4.69, 9.17) is 10.8 Å². The van der Waals surface area contributed by atoms with Crippen LogP contribution >= 0.6 is 0 Å². The number of hydrogen-bond acceptors (Lipinski definition) is 13. The number of carboxylic acid groups (broad SMARTS) is 4. The first-order chi connectivity index (χ1) is 36.2. The summed E-state index contributed by atoms with van der Waals surface area (Å²) in [5, 5.41) is 54.8. The highest BCUT2D eigenvalue weighted by molar-refractivity contribution is 5.99. The molecule has 0 saturated carbocycles. The molecule has 26 heteroatoms. The molecule has 77 heavy (non-hydrogen) atoms. The molecule has 0 aromatic heterocycles. The molecule has 0 aliphatic carbocycles. The van der Waals surface area contributed by atoms with Gasteiger partial charge < -0.3 is 68.3 Å². The molecule has 1 aliphatic heterocycles. The molecule has 13 N–H and O–H groups in total. The van der Waals surface area contributed by atoms with Gasteiger partial charge in [-0.2, -0.15) is 0 Å². The second-order valence-electron chi connectivity index (χ2n) is 19.5. The first-order valence-corrected chi connectivity index (χ1v) is 25.0. The fraction of sp³-hybridized carbons (Fsp3) is 0.529. The van der Waals surface area contributed by atoms with Crippen molar-refractivity contribution >= 4 is 71.1 Å². The standard InChI is InChI=1S/C51H70FN9O16/c1-26(2)21-34(57-49(74)42(27(3)4)60-44(69)32(53)16-18-39(62)63)47(72)58-36(24-30-13-9-14-31(52)22-30)50(75)61-20-10-15-38(61)48(73)56-35(25-41(66)67)46(71)54-28(5)43(68)55-33(17-19-40(64)65)45(70)59-37(51(76)77)23-29-11-7-6-8-12-29/h6-9,11-14,22,26-28,32-38,42H,10,15-21,23-25,53H2,1-5H3,(H,54,71)(H,55,68)(H,56,73)(H,57,74)(H,58,72)(H,59,70)(H,60,69)(H,62,63)(H,64,65)(H,66,67)(H,76,77)/t28-,32-,33-,34-,35-,36-,37-,38+,42-/m0/s1. The van der Waals surface area contributed by atoms with Crippen molar-refractivity contribution in [3.8, 4) is 0 Å². The van der Waals surface area contributed by atoms with Gasteiger partial charge in [-0.15, -0.1) is 0 Å². The molecule has 422 valence electrons. The highest BCUT2D eigenvalue weighted by Crippen LogP contribution is 2.21. The molecule has 3 rings (SSSR count). The Balaban J connectivity index is 1.83. The Kier molecular flexibility index (Phi) is 25.1. The minimum atomic E-state index is -1.88. The summed E-state index contributed by atoms with van der Waals surface area (Å²) < 4.78 is 14.5. The van der Waals surface area contributed by atoms with Crippen LogP contribution in [0.1, 0.15) is 97.1 Å². The summed E-state index contributed by atoms with van der Waals surface area (Å²) >= 11 is 0. The summed E-state index contributed by atoms with van der Waals surface area (Å²) in [7, 11) is 0. The number of amides is 8. The van der Waals surface area contributed by atoms with Gasteiger partial charge in [0, 0.05) is 32.2 Å². The van der Waals surface area contributed by atoms with E-state index in [0.717, 1.165) is 24.0 Å². The van der Waals surface area contributed by atoms with Crippen molar-refractivity contribution in [3.63, 3.8) is 0 Å². The van der Waals surface area contributed by atoms with Crippen LogP contribution in [0.2, 0.25) is 0 Å². The van der Waals surface area contributed by atoms with Crippen LogP contribution in [-0.4, -0.2) is 157 Å². The van der Waals surface area contributed by atoms with E-state index in [1.54, 1.807) is 58.0 Å². The predicted molar refractivity (Wildman–Crippen MR) is 270 cm³/mol. The number of carboxylic acids is 4. The number of carbonyl (C=O) groups is 12. The van der Waals surface area contributed by atoms with Crippen molar-refractivity contribution < 1.29 is 82.4 Å². The van der Waals surface area contributed by atoms with Crippen molar-refractivity contribution in [1.29, 1.82) is 0 Å². The lowest BCUT2D eigenvalue weighted by Gasteiger charge is -2.31. The molecule has 0 unspecified atom stereocenters. The topological polar surface area (TPSA) is 399 Å². The summed E-state index contributed by atoms with van der Waals surface area (Å²) in [5.41, 5.74) is 6.66. The van der Waals surface area contributed by atoms with Crippen molar-refractivity contribution in [3.05, 3.63) is 71.5 Å². The van der Waals surface area contributed by atoms with E-state index >= 15 is 0 Å². The Labute approximate surface area is 443 Å². The van der Waals surface area contributed by atoms with Crippen LogP contribution < -0.4 is 43.0 Å². The molecular formula is C51H70FN9O16. The Morgan fingerprint density at radius 2 is 1.16 bits per heavy atom. The van der Waals surface area contributed by atoms with Crippen molar-refractivity contribution in [2.45, 2.75) is 153 Å². The number of likely N-dealkylation sites (tertiary alicyclic amines) is 1. The molecule has 25 nitrogen and oxygen atoms in total. The summed E-state index contributed by atoms with van der Waals surface area (Å²) in [4.78, 5) is 158. The van der Waals surface area contributed by atoms with E-state index in [9.17, 15) is 77.2 Å². The monoisotopic (exact) mass is 1080 g/mol. The zero-order chi connectivity index (χ0) is 57.7. The summed E-state index contributed by atoms with van der Waals surface area (Å²) in [6.07, 6.45) is -3.08. The van der Waals surface area contributed by atoms with Crippen molar-refractivity contribution in [1.82, 2.24) is 42.1 Å². The van der Waals surface area contributed by atoms with Gasteiger partial charge in [0.2, 0.25) is 47.3 Å². The van der Waals surface area contributed by atoms with Gasteiger partial charge in [-0.3, -0.25) is 52.7 Å². The van der Waals surface area contributed by atoms with Gasteiger partial charge in [0.25, 0.3) is 0 Å². The second kappa shape index (κ2) is 30.5. The third-order valence-electron chi connectivity index (χ3n) is 12.3. The summed E-state index contributed by atoms with van der Waals surface area (Å²) in [6.45, 7) is 7.79. The Hall–Kier alpha value is -8.03. The summed E-state index contributed by atoms with van der Waals surface area (Å²) in [6, 6.07) is 0.0829. The number of aliphatic carboxylic acids is 4. The third kappa shape index (κ3) is 21.3. The molecular weight excluding hydrogens is 1010 g/mol. The highest BCUT2D eigenvalue weighted by atomic mass is 19.1. The number of benzene rings is 2. The number of carbonyl (C=O) groups excluding carboxylic acids is 8. The zero-order valence-electron chi connectivity index (χ0n) is 43.4. The maximum absolute atomic E-state index is 14.6. The maximum atomic E-state index is 14.6. The lowest BCUT2D eigenvalue weighted by molar-refractivity contribution is -0.144. The van der Waals surface area contributed by atoms with Gasteiger partial charge in [0.05, 0.1) is 12.5 Å². The number of nitrogens with zero attached hydrogens (tertiary/aromatic N) is 1. The van der Waals surface area contributed by atoms with E-state index in [2.05, 4.69) is 37.2 Å². The lowest BCUT2D eigenvalue weighted by Crippen LogP contribution is -2.61. The molecule has 9 atom stereocenters. The smallest absolute Gasteiger partial charge is 0.326 e. The fourth-order valence-electron chi connectivity index (χ4n) is 8.23. The van der Waals surface area contributed by atoms with Gasteiger partial charge in [0.15, 0.2) is 0 Å². The number of rotatable bonds is 31. The molecule has 1 heterocycles. The molecule has 0 radical (unpaired) electrons. The Morgan fingerprint density at radius 3 is 1.74 bits per heavy atom. The largest absolute Gasteiger partial charge is 0.481 e.